The quantitative estimate of drug-likeness (QED) is 0.742. The molecule has 0 aliphatic carbocycles. The minimum Gasteiger partial charge on any atom is -0.412 e. The second kappa shape index (κ2) is 11.4. The second-order valence-corrected chi connectivity index (χ2v) is 8.41. The van der Waals surface area contributed by atoms with Crippen LogP contribution in [0.25, 0.3) is 0 Å². The Bertz CT molecular complexity index is 510. The number of rotatable bonds is 6. The van der Waals surface area contributed by atoms with Gasteiger partial charge in [-0.25, -0.2) is 0 Å². The molecular weight excluding hydrogens is 358 g/mol. The Morgan fingerprint density at radius 2 is 1.44 bits per heavy atom. The molecule has 3 heterocycles. The van der Waals surface area contributed by atoms with Gasteiger partial charge in [-0.05, 0) is 57.3 Å². The van der Waals surface area contributed by atoms with Crippen LogP contribution in [0.4, 0.5) is 0 Å². The smallest absolute Gasteiger partial charge is 0.0235 e. The fourth-order valence-corrected chi connectivity index (χ4v) is 5.28. The van der Waals surface area contributed by atoms with E-state index in [1.54, 1.807) is 0 Å². The Kier molecular flexibility index (Phi) is 9.54. The van der Waals surface area contributed by atoms with Crippen molar-refractivity contribution in [2.24, 2.45) is 0 Å². The number of halogens is 1. The topological polar surface area (TPSA) is 41.2 Å². The molecule has 5 heteroatoms. The summed E-state index contributed by atoms with van der Waals surface area (Å²) >= 11 is 0. The van der Waals surface area contributed by atoms with E-state index in [1.807, 2.05) is 0 Å². The van der Waals surface area contributed by atoms with Crippen LogP contribution < -0.4 is 0 Å². The largest absolute Gasteiger partial charge is 0.412 e. The van der Waals surface area contributed by atoms with E-state index in [0.29, 0.717) is 0 Å². The molecule has 4 rings (SSSR count). The Labute approximate surface area is 171 Å². The number of fused-ring (bicyclic) bond motifs is 2. The van der Waals surface area contributed by atoms with E-state index in [-0.39, 0.29) is 17.9 Å². The van der Waals surface area contributed by atoms with Crippen molar-refractivity contribution in [1.29, 1.82) is 0 Å². The third kappa shape index (κ3) is 6.16. The average molecular weight is 396 g/mol. The van der Waals surface area contributed by atoms with Crippen molar-refractivity contribution >= 4 is 12.4 Å². The molecule has 0 saturated carbocycles. The number of piperidine rings is 2. The van der Waals surface area contributed by atoms with Gasteiger partial charge in [-0.3, -0.25) is 9.80 Å². The molecule has 3 aliphatic heterocycles. The van der Waals surface area contributed by atoms with Crippen LogP contribution in [0.2, 0.25) is 0 Å². The van der Waals surface area contributed by atoms with Crippen LogP contribution >= 0.6 is 12.4 Å². The first-order valence-electron chi connectivity index (χ1n) is 10.6. The Balaban J connectivity index is 0.00000131. The Hall–Kier alpha value is -0.650. The number of hydrogen-bond acceptors (Lipinski definition) is 3. The van der Waals surface area contributed by atoms with Crippen molar-refractivity contribution in [3.05, 3.63) is 35.9 Å². The summed E-state index contributed by atoms with van der Waals surface area (Å²) in [6.45, 7) is 9.02. The normalized spacial score (nSPS) is 26.8. The van der Waals surface area contributed by atoms with Crippen LogP contribution in [-0.4, -0.2) is 71.5 Å². The van der Waals surface area contributed by atoms with Gasteiger partial charge < -0.3 is 10.4 Å². The first-order chi connectivity index (χ1) is 12.4. The lowest BCUT2D eigenvalue weighted by Gasteiger charge is -2.50. The minimum atomic E-state index is 0. The summed E-state index contributed by atoms with van der Waals surface area (Å²) in [4.78, 5) is 8.30. The van der Waals surface area contributed by atoms with Gasteiger partial charge in [0.15, 0.2) is 0 Å². The minimum absolute atomic E-state index is 0. The Morgan fingerprint density at radius 1 is 0.778 bits per heavy atom. The first kappa shape index (κ1) is 22.6. The zero-order valence-electron chi connectivity index (χ0n) is 16.7. The summed E-state index contributed by atoms with van der Waals surface area (Å²) in [5, 5.41) is 0. The summed E-state index contributed by atoms with van der Waals surface area (Å²) in [7, 11) is 0. The highest BCUT2D eigenvalue weighted by atomic mass is 35.5. The molecule has 1 aromatic rings. The molecule has 1 aromatic carbocycles. The van der Waals surface area contributed by atoms with Crippen LogP contribution in [0, 0.1) is 0 Å². The van der Waals surface area contributed by atoms with E-state index in [2.05, 4.69) is 45.0 Å². The molecule has 3 saturated heterocycles. The predicted molar refractivity (Wildman–Crippen MR) is 116 cm³/mol. The third-order valence-electron chi connectivity index (χ3n) is 6.54. The van der Waals surface area contributed by atoms with Gasteiger partial charge in [-0.1, -0.05) is 43.2 Å². The number of piperazine rings is 1. The van der Waals surface area contributed by atoms with Crippen LogP contribution in [0.1, 0.15) is 50.5 Å². The lowest BCUT2D eigenvalue weighted by Crippen LogP contribution is -2.60. The SMILES string of the molecule is Cl.O.c1ccc(CN2CC3CCCC(C2)N3CCCN2CCCCC2)cc1. The van der Waals surface area contributed by atoms with E-state index < -0.39 is 0 Å². The van der Waals surface area contributed by atoms with E-state index in [0.717, 1.165) is 18.6 Å². The van der Waals surface area contributed by atoms with Crippen LogP contribution in [0.15, 0.2) is 30.3 Å². The third-order valence-corrected chi connectivity index (χ3v) is 6.54. The fourth-order valence-electron chi connectivity index (χ4n) is 5.28. The second-order valence-electron chi connectivity index (χ2n) is 8.41. The van der Waals surface area contributed by atoms with Crippen molar-refractivity contribution in [3.8, 4) is 0 Å². The number of hydrogen-bond donors (Lipinski definition) is 0. The molecule has 2 N–H and O–H groups in total. The van der Waals surface area contributed by atoms with Crippen molar-refractivity contribution in [1.82, 2.24) is 14.7 Å². The van der Waals surface area contributed by atoms with Crippen LogP contribution in [0.5, 0.6) is 0 Å². The van der Waals surface area contributed by atoms with Gasteiger partial charge in [0.2, 0.25) is 0 Å². The maximum Gasteiger partial charge on any atom is 0.0235 e. The van der Waals surface area contributed by atoms with E-state index in [4.69, 9.17) is 0 Å². The monoisotopic (exact) mass is 395 g/mol. The van der Waals surface area contributed by atoms with Gasteiger partial charge >= 0.3 is 0 Å². The molecule has 2 bridgehead atoms. The van der Waals surface area contributed by atoms with Gasteiger partial charge in [0, 0.05) is 38.3 Å². The van der Waals surface area contributed by atoms with Crippen molar-refractivity contribution in [3.63, 3.8) is 0 Å². The molecule has 3 aliphatic rings. The molecule has 154 valence electrons. The van der Waals surface area contributed by atoms with Gasteiger partial charge in [0.1, 0.15) is 0 Å². The average Bonchev–Trinajstić information content (AvgIpc) is 2.64. The summed E-state index contributed by atoms with van der Waals surface area (Å²) in [5.41, 5.74) is 1.47. The van der Waals surface area contributed by atoms with Crippen LogP contribution in [0.3, 0.4) is 0 Å². The van der Waals surface area contributed by atoms with Gasteiger partial charge in [0.25, 0.3) is 0 Å². The summed E-state index contributed by atoms with van der Waals surface area (Å²) in [6.07, 6.45) is 9.91. The highest BCUT2D eigenvalue weighted by molar-refractivity contribution is 5.85. The van der Waals surface area contributed by atoms with E-state index >= 15 is 0 Å². The predicted octanol–water partition coefficient (Wildman–Crippen LogP) is 3.20. The molecule has 0 amide bonds. The van der Waals surface area contributed by atoms with Gasteiger partial charge in [-0.2, -0.15) is 0 Å². The molecule has 3 fully saturated rings. The molecule has 4 nitrogen and oxygen atoms in total. The summed E-state index contributed by atoms with van der Waals surface area (Å²) in [6, 6.07) is 12.6. The molecular formula is C22H38ClN3O. The van der Waals surface area contributed by atoms with Crippen LogP contribution in [-0.2, 0) is 6.54 Å². The molecule has 0 aromatic heterocycles. The first-order valence-corrected chi connectivity index (χ1v) is 10.6. The Morgan fingerprint density at radius 3 is 2.11 bits per heavy atom. The number of likely N-dealkylation sites (tertiary alicyclic amines) is 2. The van der Waals surface area contributed by atoms with Crippen molar-refractivity contribution in [2.75, 3.05) is 39.3 Å². The molecule has 0 spiro atoms. The van der Waals surface area contributed by atoms with Gasteiger partial charge in [0.05, 0.1) is 0 Å². The molecule has 27 heavy (non-hydrogen) atoms. The molecule has 2 atom stereocenters. The zero-order valence-corrected chi connectivity index (χ0v) is 17.5. The number of nitrogens with zero attached hydrogens (tertiary/aromatic N) is 3. The maximum absolute atomic E-state index is 2.88. The fraction of sp³-hybridized carbons (Fsp3) is 0.727. The lowest BCUT2D eigenvalue weighted by molar-refractivity contribution is -0.0142. The van der Waals surface area contributed by atoms with Crippen molar-refractivity contribution < 1.29 is 5.48 Å². The standard InChI is InChI=1S/C22H35N3.ClH.H2O/c1-3-9-20(10-4-1)17-24-18-21-11-7-12-22(19-24)25(21)16-8-15-23-13-5-2-6-14-23;;/h1,3-4,9-10,21-22H,2,5-8,11-19H2;1H;1H2. The zero-order chi connectivity index (χ0) is 16.9. The summed E-state index contributed by atoms with van der Waals surface area (Å²) in [5.74, 6) is 0. The number of benzene rings is 1. The van der Waals surface area contributed by atoms with Gasteiger partial charge in [-0.15, -0.1) is 12.4 Å². The van der Waals surface area contributed by atoms with E-state index in [9.17, 15) is 0 Å². The summed E-state index contributed by atoms with van der Waals surface area (Å²) < 4.78 is 0. The lowest BCUT2D eigenvalue weighted by atomic mass is 9.90. The highest BCUT2D eigenvalue weighted by Gasteiger charge is 2.36. The van der Waals surface area contributed by atoms with Crippen molar-refractivity contribution in [2.45, 2.75) is 63.6 Å². The molecule has 2 unspecified atom stereocenters. The highest BCUT2D eigenvalue weighted by Crippen LogP contribution is 2.29. The van der Waals surface area contributed by atoms with E-state index in [1.165, 1.54) is 89.8 Å². The maximum atomic E-state index is 2.88. The molecule has 0 radical (unpaired) electrons.